The molecule has 0 N–H and O–H groups in total. The minimum Gasteiger partial charge on any atom is -0.480 e. The Hall–Kier alpha value is -1.79. The summed E-state index contributed by atoms with van der Waals surface area (Å²) in [4.78, 5) is 21.1. The van der Waals surface area contributed by atoms with Gasteiger partial charge in [0, 0.05) is 49.2 Å². The summed E-state index contributed by atoms with van der Waals surface area (Å²) in [6.07, 6.45) is 1.99. The summed E-state index contributed by atoms with van der Waals surface area (Å²) in [5, 5.41) is 3.68. The molecule has 0 bridgehead atoms. The molecule has 5 nitrogen and oxygen atoms in total. The fourth-order valence-corrected chi connectivity index (χ4v) is 3.94. The zero-order chi connectivity index (χ0) is 15.8. The first-order valence-corrected chi connectivity index (χ1v) is 8.85. The molecule has 1 aromatic heterocycles. The lowest BCUT2D eigenvalue weighted by atomic mass is 10.1. The van der Waals surface area contributed by atoms with Crippen LogP contribution in [-0.2, 0) is 11.2 Å². The number of ether oxygens (including phenoxy) is 1. The number of hydrogen-bond donors (Lipinski definition) is 0. The number of aromatic nitrogens is 1. The van der Waals surface area contributed by atoms with Gasteiger partial charge in [-0.3, -0.25) is 4.79 Å². The van der Waals surface area contributed by atoms with Crippen LogP contribution in [-0.4, -0.2) is 48.1 Å². The third-order valence-electron chi connectivity index (χ3n) is 4.25. The zero-order valence-corrected chi connectivity index (χ0v) is 14.0. The van der Waals surface area contributed by atoms with E-state index in [-0.39, 0.29) is 5.91 Å². The minimum absolute atomic E-state index is 0.0658. The van der Waals surface area contributed by atoms with Crippen molar-refractivity contribution in [2.24, 2.45) is 0 Å². The molecular weight excluding hydrogens is 334 g/mol. The fourth-order valence-electron chi connectivity index (χ4n) is 3.05. The number of hydrogen-bond acceptors (Lipinski definition) is 5. The van der Waals surface area contributed by atoms with Crippen LogP contribution in [0.15, 0.2) is 29.8 Å². The van der Waals surface area contributed by atoms with E-state index in [4.69, 9.17) is 16.3 Å². The number of thiazole rings is 1. The largest absolute Gasteiger partial charge is 0.480 e. The van der Waals surface area contributed by atoms with Gasteiger partial charge in [-0.2, -0.15) is 0 Å². The highest BCUT2D eigenvalue weighted by atomic mass is 35.5. The van der Waals surface area contributed by atoms with E-state index in [1.54, 1.807) is 17.4 Å². The molecule has 2 aromatic rings. The van der Waals surface area contributed by atoms with Crippen LogP contribution in [0.3, 0.4) is 0 Å². The predicted molar refractivity (Wildman–Crippen MR) is 90.5 cm³/mol. The molecule has 0 radical (unpaired) electrons. The number of carbonyl (C=O) groups excluding carboxylic acids is 1. The van der Waals surface area contributed by atoms with Gasteiger partial charge in [-0.25, -0.2) is 4.98 Å². The van der Waals surface area contributed by atoms with E-state index in [9.17, 15) is 4.79 Å². The molecule has 120 valence electrons. The lowest BCUT2D eigenvalue weighted by Crippen LogP contribution is -2.52. The van der Waals surface area contributed by atoms with Crippen LogP contribution in [0.1, 0.15) is 5.56 Å². The van der Waals surface area contributed by atoms with Crippen molar-refractivity contribution >= 4 is 34.0 Å². The van der Waals surface area contributed by atoms with Gasteiger partial charge in [-0.1, -0.05) is 11.6 Å². The molecule has 2 aliphatic heterocycles. The third-order valence-corrected chi connectivity index (χ3v) is 5.32. The zero-order valence-electron chi connectivity index (χ0n) is 12.4. The number of fused-ring (bicyclic) bond motifs is 1. The normalized spacial score (nSPS) is 20.3. The van der Waals surface area contributed by atoms with Crippen molar-refractivity contribution in [3.05, 3.63) is 40.4 Å². The lowest BCUT2D eigenvalue weighted by molar-refractivity contribution is -0.138. The highest BCUT2D eigenvalue weighted by Crippen LogP contribution is 2.32. The Kier molecular flexibility index (Phi) is 3.87. The van der Waals surface area contributed by atoms with Crippen molar-refractivity contribution in [3.63, 3.8) is 0 Å². The van der Waals surface area contributed by atoms with Crippen molar-refractivity contribution in [1.82, 2.24) is 9.88 Å². The van der Waals surface area contributed by atoms with Gasteiger partial charge in [0.2, 0.25) is 0 Å². The van der Waals surface area contributed by atoms with E-state index in [2.05, 4.69) is 9.88 Å². The number of nitrogens with zero attached hydrogens (tertiary/aromatic N) is 3. The standard InChI is InChI=1S/C16H16ClN3O2S/c17-12-1-2-13-11(9-12)10-14(22-13)15(21)19-4-6-20(7-5-19)16-18-3-8-23-16/h1-3,8-9,14H,4-7,10H2/t14-/m1/s1. The highest BCUT2D eigenvalue weighted by molar-refractivity contribution is 7.13. The summed E-state index contributed by atoms with van der Waals surface area (Å²) < 4.78 is 5.80. The maximum atomic E-state index is 12.7. The van der Waals surface area contributed by atoms with Crippen LogP contribution >= 0.6 is 22.9 Å². The molecule has 1 atom stereocenters. The number of amides is 1. The van der Waals surface area contributed by atoms with E-state index in [1.807, 2.05) is 28.6 Å². The topological polar surface area (TPSA) is 45.7 Å². The van der Waals surface area contributed by atoms with Gasteiger partial charge in [-0.05, 0) is 23.8 Å². The van der Waals surface area contributed by atoms with Crippen molar-refractivity contribution in [2.75, 3.05) is 31.1 Å². The molecule has 0 spiro atoms. The summed E-state index contributed by atoms with van der Waals surface area (Å²) in [6.45, 7) is 3.03. The number of benzene rings is 1. The SMILES string of the molecule is O=C([C@H]1Cc2cc(Cl)ccc2O1)N1CCN(c2nccs2)CC1. The molecule has 0 aliphatic carbocycles. The third kappa shape index (κ3) is 2.88. The van der Waals surface area contributed by atoms with Gasteiger partial charge < -0.3 is 14.5 Å². The summed E-state index contributed by atoms with van der Waals surface area (Å²) >= 11 is 7.63. The number of halogens is 1. The molecule has 4 rings (SSSR count). The summed E-state index contributed by atoms with van der Waals surface area (Å²) in [5.41, 5.74) is 1.01. The monoisotopic (exact) mass is 349 g/mol. The predicted octanol–water partition coefficient (Wildman–Crippen LogP) is 2.45. The highest BCUT2D eigenvalue weighted by Gasteiger charge is 2.34. The maximum absolute atomic E-state index is 12.7. The Morgan fingerprint density at radius 3 is 2.87 bits per heavy atom. The molecule has 0 unspecified atom stereocenters. The van der Waals surface area contributed by atoms with Crippen molar-refractivity contribution in [1.29, 1.82) is 0 Å². The van der Waals surface area contributed by atoms with E-state index in [0.717, 1.165) is 29.5 Å². The molecule has 7 heteroatoms. The maximum Gasteiger partial charge on any atom is 0.264 e. The second kappa shape index (κ2) is 6.02. The van der Waals surface area contributed by atoms with Gasteiger partial charge in [-0.15, -0.1) is 11.3 Å². The van der Waals surface area contributed by atoms with E-state index in [0.29, 0.717) is 24.5 Å². The Bertz CT molecular complexity index is 714. The number of carbonyl (C=O) groups is 1. The minimum atomic E-state index is -0.421. The van der Waals surface area contributed by atoms with E-state index < -0.39 is 6.10 Å². The quantitative estimate of drug-likeness (QED) is 0.835. The molecule has 2 aliphatic rings. The van der Waals surface area contributed by atoms with Crippen LogP contribution in [0.2, 0.25) is 5.02 Å². The van der Waals surface area contributed by atoms with Gasteiger partial charge >= 0.3 is 0 Å². The van der Waals surface area contributed by atoms with E-state index in [1.165, 1.54) is 0 Å². The molecular formula is C16H16ClN3O2S. The molecule has 0 saturated carbocycles. The Morgan fingerprint density at radius 2 is 2.13 bits per heavy atom. The van der Waals surface area contributed by atoms with Gasteiger partial charge in [0.1, 0.15) is 5.75 Å². The van der Waals surface area contributed by atoms with Crippen molar-refractivity contribution in [2.45, 2.75) is 12.5 Å². The Morgan fingerprint density at radius 1 is 1.30 bits per heavy atom. The summed E-state index contributed by atoms with van der Waals surface area (Å²) in [6, 6.07) is 5.51. The number of piperazine rings is 1. The first kappa shape index (κ1) is 14.8. The number of rotatable bonds is 2. The van der Waals surface area contributed by atoms with Crippen LogP contribution < -0.4 is 9.64 Å². The lowest BCUT2D eigenvalue weighted by Gasteiger charge is -2.35. The fraction of sp³-hybridized carbons (Fsp3) is 0.375. The molecule has 1 aromatic carbocycles. The van der Waals surface area contributed by atoms with Crippen LogP contribution in [0, 0.1) is 0 Å². The summed E-state index contributed by atoms with van der Waals surface area (Å²) in [7, 11) is 0. The second-order valence-electron chi connectivity index (χ2n) is 5.69. The molecule has 1 fully saturated rings. The Labute approximate surface area is 143 Å². The van der Waals surface area contributed by atoms with Crippen LogP contribution in [0.5, 0.6) is 5.75 Å². The molecule has 3 heterocycles. The van der Waals surface area contributed by atoms with Crippen molar-refractivity contribution in [3.8, 4) is 5.75 Å². The first-order chi connectivity index (χ1) is 11.2. The van der Waals surface area contributed by atoms with Crippen molar-refractivity contribution < 1.29 is 9.53 Å². The van der Waals surface area contributed by atoms with Gasteiger partial charge in [0.05, 0.1) is 0 Å². The van der Waals surface area contributed by atoms with Gasteiger partial charge in [0.25, 0.3) is 5.91 Å². The average Bonchev–Trinajstić information content (AvgIpc) is 3.23. The average molecular weight is 350 g/mol. The van der Waals surface area contributed by atoms with Gasteiger partial charge in [0.15, 0.2) is 11.2 Å². The second-order valence-corrected chi connectivity index (χ2v) is 7.00. The van der Waals surface area contributed by atoms with E-state index >= 15 is 0 Å². The molecule has 1 amide bonds. The Balaban J connectivity index is 1.38. The number of anilines is 1. The summed E-state index contributed by atoms with van der Waals surface area (Å²) in [5.74, 6) is 0.838. The first-order valence-electron chi connectivity index (χ1n) is 7.59. The van der Waals surface area contributed by atoms with Crippen LogP contribution in [0.25, 0.3) is 0 Å². The molecule has 23 heavy (non-hydrogen) atoms. The van der Waals surface area contributed by atoms with Crippen LogP contribution in [0.4, 0.5) is 5.13 Å². The molecule has 1 saturated heterocycles. The smallest absolute Gasteiger partial charge is 0.264 e.